The molecule has 112 valence electrons. The van der Waals surface area contributed by atoms with E-state index in [1.807, 2.05) is 18.4 Å². The van der Waals surface area contributed by atoms with E-state index in [0.717, 1.165) is 10.4 Å². The molecule has 0 aliphatic heterocycles. The highest BCUT2D eigenvalue weighted by atomic mass is 32.2. The second-order valence-corrected chi connectivity index (χ2v) is 6.88. The molecule has 21 heavy (non-hydrogen) atoms. The number of rotatable bonds is 5. The van der Waals surface area contributed by atoms with E-state index in [-0.39, 0.29) is 11.6 Å². The van der Waals surface area contributed by atoms with E-state index in [2.05, 4.69) is 21.5 Å². The Balaban J connectivity index is 2.03. The van der Waals surface area contributed by atoms with Gasteiger partial charge in [0.2, 0.25) is 0 Å². The summed E-state index contributed by atoms with van der Waals surface area (Å²) in [7, 11) is -3.59. The number of nitrogens with zero attached hydrogens (tertiary/aromatic N) is 2. The first-order chi connectivity index (χ1) is 10.0. The van der Waals surface area contributed by atoms with Crippen molar-refractivity contribution in [1.29, 1.82) is 0 Å². The predicted molar refractivity (Wildman–Crippen MR) is 82.2 cm³/mol. The van der Waals surface area contributed by atoms with Crippen molar-refractivity contribution in [2.45, 2.75) is 25.0 Å². The fraction of sp³-hybridized carbons (Fsp3) is 0.308. The Labute approximate surface area is 128 Å². The summed E-state index contributed by atoms with van der Waals surface area (Å²) in [5.41, 5.74) is 6.15. The minimum Gasteiger partial charge on any atom is -0.336 e. The minimum atomic E-state index is -3.59. The van der Waals surface area contributed by atoms with Crippen LogP contribution in [0.5, 0.6) is 0 Å². The Morgan fingerprint density at radius 1 is 1.52 bits per heavy atom. The van der Waals surface area contributed by atoms with E-state index in [1.165, 1.54) is 23.9 Å². The average Bonchev–Trinajstić information content (AvgIpc) is 3.12. The van der Waals surface area contributed by atoms with Crippen molar-refractivity contribution in [2.24, 2.45) is 5.73 Å². The van der Waals surface area contributed by atoms with Crippen LogP contribution in [0.15, 0.2) is 29.0 Å². The Morgan fingerprint density at radius 3 is 3.00 bits per heavy atom. The quantitative estimate of drug-likeness (QED) is 0.794. The molecule has 0 aliphatic carbocycles. The molecule has 3 N–H and O–H groups in total. The third kappa shape index (κ3) is 4.15. The summed E-state index contributed by atoms with van der Waals surface area (Å²) in [6.07, 6.45) is 3.01. The molecule has 0 saturated carbocycles. The van der Waals surface area contributed by atoms with Crippen LogP contribution < -0.4 is 10.5 Å². The number of imidazole rings is 1. The van der Waals surface area contributed by atoms with E-state index in [9.17, 15) is 8.42 Å². The molecule has 0 unspecified atom stereocenters. The summed E-state index contributed by atoms with van der Waals surface area (Å²) in [6, 6.07) is 1.85. The standard InChI is InChI=1S/C13H16N4O2S2/c1-2-17-8-13(15-10-17)21(18,19)16-7-12-6-11(9-20-12)4-3-5-14/h6,8-10,16H,2,5,7,14H2,1H3. The van der Waals surface area contributed by atoms with Gasteiger partial charge < -0.3 is 10.3 Å². The van der Waals surface area contributed by atoms with Gasteiger partial charge >= 0.3 is 0 Å². The summed E-state index contributed by atoms with van der Waals surface area (Å²) in [5.74, 6) is 5.67. The van der Waals surface area contributed by atoms with E-state index < -0.39 is 10.0 Å². The number of nitrogens with two attached hydrogens (primary N) is 1. The third-order valence-electron chi connectivity index (χ3n) is 2.67. The lowest BCUT2D eigenvalue weighted by Crippen LogP contribution is -2.23. The Morgan fingerprint density at radius 2 is 2.33 bits per heavy atom. The van der Waals surface area contributed by atoms with Crippen LogP contribution in [0, 0.1) is 11.8 Å². The molecule has 6 nitrogen and oxygen atoms in total. The van der Waals surface area contributed by atoms with Crippen LogP contribution in [0.4, 0.5) is 0 Å². The molecule has 2 aromatic rings. The second-order valence-electron chi connectivity index (χ2n) is 4.17. The van der Waals surface area contributed by atoms with Crippen molar-refractivity contribution in [2.75, 3.05) is 6.54 Å². The van der Waals surface area contributed by atoms with Gasteiger partial charge in [-0.2, -0.15) is 0 Å². The SMILES string of the molecule is CCn1cnc(S(=O)(=O)NCc2cc(C#CCN)cs2)c1. The van der Waals surface area contributed by atoms with Crippen LogP contribution in [0.2, 0.25) is 0 Å². The maximum Gasteiger partial charge on any atom is 0.259 e. The first-order valence-corrected chi connectivity index (χ1v) is 8.69. The van der Waals surface area contributed by atoms with Crippen molar-refractivity contribution in [3.63, 3.8) is 0 Å². The van der Waals surface area contributed by atoms with Gasteiger partial charge in [-0.05, 0) is 13.0 Å². The summed E-state index contributed by atoms with van der Waals surface area (Å²) < 4.78 is 28.4. The molecule has 8 heteroatoms. The molecule has 0 spiro atoms. The van der Waals surface area contributed by atoms with Crippen molar-refractivity contribution in [3.8, 4) is 11.8 Å². The highest BCUT2D eigenvalue weighted by molar-refractivity contribution is 7.89. The fourth-order valence-corrected chi connectivity index (χ4v) is 3.38. The number of thiophene rings is 1. The Bertz CT molecular complexity index is 765. The molecule has 0 aromatic carbocycles. The summed E-state index contributed by atoms with van der Waals surface area (Å²) in [4.78, 5) is 4.78. The summed E-state index contributed by atoms with van der Waals surface area (Å²) >= 11 is 1.45. The zero-order valence-electron chi connectivity index (χ0n) is 11.5. The van der Waals surface area contributed by atoms with Gasteiger partial charge in [-0.3, -0.25) is 0 Å². The van der Waals surface area contributed by atoms with Crippen molar-refractivity contribution >= 4 is 21.4 Å². The van der Waals surface area contributed by atoms with Gasteiger partial charge in [0.05, 0.1) is 12.9 Å². The monoisotopic (exact) mass is 324 g/mol. The molecule has 0 saturated heterocycles. The number of aryl methyl sites for hydroxylation is 1. The van der Waals surface area contributed by atoms with Crippen LogP contribution in [0.25, 0.3) is 0 Å². The van der Waals surface area contributed by atoms with Crippen molar-refractivity contribution in [1.82, 2.24) is 14.3 Å². The fourth-order valence-electron chi connectivity index (χ4n) is 1.58. The first-order valence-electron chi connectivity index (χ1n) is 6.33. The number of aromatic nitrogens is 2. The Hall–Kier alpha value is -1.66. The third-order valence-corrected chi connectivity index (χ3v) is 4.90. The number of sulfonamides is 1. The molecular formula is C13H16N4O2S2. The lowest BCUT2D eigenvalue weighted by Gasteiger charge is -2.02. The summed E-state index contributed by atoms with van der Waals surface area (Å²) in [6.45, 7) is 3.12. The predicted octanol–water partition coefficient (Wildman–Crippen LogP) is 0.753. The van der Waals surface area contributed by atoms with E-state index in [0.29, 0.717) is 13.1 Å². The van der Waals surface area contributed by atoms with Crippen molar-refractivity contribution < 1.29 is 8.42 Å². The molecular weight excluding hydrogens is 308 g/mol. The van der Waals surface area contributed by atoms with Crippen LogP contribution in [-0.2, 0) is 23.1 Å². The largest absolute Gasteiger partial charge is 0.336 e. The number of hydrogen-bond donors (Lipinski definition) is 2. The zero-order chi connectivity index (χ0) is 15.3. The molecule has 0 bridgehead atoms. The highest BCUT2D eigenvalue weighted by Crippen LogP contribution is 2.15. The van der Waals surface area contributed by atoms with Gasteiger partial charge in [0.15, 0.2) is 5.03 Å². The topological polar surface area (TPSA) is 90.0 Å². The lowest BCUT2D eigenvalue weighted by molar-refractivity contribution is 0.578. The molecule has 0 atom stereocenters. The lowest BCUT2D eigenvalue weighted by atomic mass is 10.3. The van der Waals surface area contributed by atoms with Crippen LogP contribution in [0.3, 0.4) is 0 Å². The number of nitrogens with one attached hydrogen (secondary N) is 1. The van der Waals surface area contributed by atoms with Gasteiger partial charge in [-0.25, -0.2) is 18.1 Å². The molecule has 2 aromatic heterocycles. The van der Waals surface area contributed by atoms with Crippen LogP contribution >= 0.6 is 11.3 Å². The average molecular weight is 324 g/mol. The number of hydrogen-bond acceptors (Lipinski definition) is 5. The van der Waals surface area contributed by atoms with Gasteiger partial charge in [0.1, 0.15) is 0 Å². The smallest absolute Gasteiger partial charge is 0.259 e. The van der Waals surface area contributed by atoms with Gasteiger partial charge in [0, 0.05) is 35.1 Å². The summed E-state index contributed by atoms with van der Waals surface area (Å²) in [5, 5.41) is 1.90. The normalized spacial score (nSPS) is 11.1. The van der Waals surface area contributed by atoms with Gasteiger partial charge in [-0.15, -0.1) is 11.3 Å². The molecule has 0 radical (unpaired) electrons. The zero-order valence-corrected chi connectivity index (χ0v) is 13.2. The molecule has 0 aliphatic rings. The molecule has 0 fully saturated rings. The first kappa shape index (κ1) is 15.7. The Kier molecular flexibility index (Phi) is 5.14. The second kappa shape index (κ2) is 6.87. The van der Waals surface area contributed by atoms with Crippen molar-refractivity contribution in [3.05, 3.63) is 34.4 Å². The maximum absolute atomic E-state index is 12.1. The van der Waals surface area contributed by atoms with Gasteiger partial charge in [0.25, 0.3) is 10.0 Å². The van der Waals surface area contributed by atoms with E-state index >= 15 is 0 Å². The molecule has 2 rings (SSSR count). The minimum absolute atomic E-state index is 0.0315. The van der Waals surface area contributed by atoms with Crippen LogP contribution in [-0.4, -0.2) is 24.5 Å². The van der Waals surface area contributed by atoms with E-state index in [1.54, 1.807) is 4.57 Å². The highest BCUT2D eigenvalue weighted by Gasteiger charge is 2.17. The maximum atomic E-state index is 12.1. The van der Waals surface area contributed by atoms with Gasteiger partial charge in [-0.1, -0.05) is 11.8 Å². The molecule has 2 heterocycles. The van der Waals surface area contributed by atoms with E-state index in [4.69, 9.17) is 5.73 Å². The molecule has 0 amide bonds. The van der Waals surface area contributed by atoms with Crippen LogP contribution in [0.1, 0.15) is 17.4 Å².